The lowest BCUT2D eigenvalue weighted by Crippen LogP contribution is -2.38. The Bertz CT molecular complexity index is 397. The molecule has 0 aliphatic heterocycles. The monoisotopic (exact) mass is 256 g/mol. The first kappa shape index (κ1) is 14.6. The smallest absolute Gasteiger partial charge is 0.287 e. The number of nitrogens with two attached hydrogens (primary N) is 1. The molecule has 1 aromatic rings. The Labute approximate surface area is 106 Å². The Hall–Kier alpha value is -1.44. The van der Waals surface area contributed by atoms with E-state index >= 15 is 0 Å². The van der Waals surface area contributed by atoms with Gasteiger partial charge in [0, 0.05) is 12.6 Å². The predicted molar refractivity (Wildman–Crippen MR) is 65.4 cm³/mol. The normalized spacial score (nSPS) is 11.9. The van der Waals surface area contributed by atoms with E-state index in [0.717, 1.165) is 6.54 Å². The molecule has 1 heterocycles. The number of nitrogens with one attached hydrogen (secondary N) is 1. The second-order valence-electron chi connectivity index (χ2n) is 4.77. The zero-order valence-electron chi connectivity index (χ0n) is 10.9. The summed E-state index contributed by atoms with van der Waals surface area (Å²) in [6.07, 6.45) is 0. The van der Waals surface area contributed by atoms with E-state index in [1.54, 1.807) is 13.8 Å². The molecule has 0 atom stereocenters. The van der Waals surface area contributed by atoms with E-state index in [1.165, 1.54) is 6.07 Å². The van der Waals surface area contributed by atoms with Gasteiger partial charge in [0.1, 0.15) is 0 Å². The van der Waals surface area contributed by atoms with Crippen LogP contribution in [0, 0.1) is 0 Å². The van der Waals surface area contributed by atoms with Crippen molar-refractivity contribution in [2.75, 3.05) is 13.1 Å². The molecule has 0 aromatic carbocycles. The second-order valence-corrected chi connectivity index (χ2v) is 4.77. The van der Waals surface area contributed by atoms with Gasteiger partial charge in [-0.1, -0.05) is 12.1 Å². The van der Waals surface area contributed by atoms with Crippen LogP contribution in [0.4, 0.5) is 0 Å². The van der Waals surface area contributed by atoms with Crippen LogP contribution < -0.4 is 11.3 Å². The topological polar surface area (TPSA) is 105 Å². The minimum Gasteiger partial charge on any atom is -0.389 e. The van der Waals surface area contributed by atoms with Crippen molar-refractivity contribution in [1.82, 2.24) is 15.5 Å². The summed E-state index contributed by atoms with van der Waals surface area (Å²) in [6.45, 7) is 7.19. The number of nitrogen functional groups attached to an aromatic ring is 1. The van der Waals surface area contributed by atoms with Gasteiger partial charge in [-0.2, -0.15) is 0 Å². The summed E-state index contributed by atoms with van der Waals surface area (Å²) in [5, 5.41) is 13.4. The average Bonchev–Trinajstić information content (AvgIpc) is 2.73. The molecule has 4 N–H and O–H groups in total. The maximum atomic E-state index is 11.2. The molecule has 0 saturated carbocycles. The van der Waals surface area contributed by atoms with Crippen LogP contribution in [0.15, 0.2) is 10.6 Å². The molecule has 0 aliphatic carbocycles. The lowest BCUT2D eigenvalue weighted by molar-refractivity contribution is 0.0328. The fraction of sp³-hybridized carbons (Fsp3) is 0.636. The largest absolute Gasteiger partial charge is 0.389 e. The molecule has 102 valence electrons. The maximum Gasteiger partial charge on any atom is 0.287 e. The molecule has 0 aliphatic rings. The highest BCUT2D eigenvalue weighted by Gasteiger charge is 2.19. The Kier molecular flexibility index (Phi) is 4.83. The second kappa shape index (κ2) is 5.94. The Morgan fingerprint density at radius 3 is 2.83 bits per heavy atom. The average molecular weight is 256 g/mol. The third-order valence-corrected chi connectivity index (χ3v) is 2.36. The number of aliphatic hydroxyl groups is 1. The van der Waals surface area contributed by atoms with E-state index in [1.807, 2.05) is 17.2 Å². The van der Waals surface area contributed by atoms with E-state index in [4.69, 9.17) is 10.4 Å². The molecule has 18 heavy (non-hydrogen) atoms. The number of rotatable bonds is 6. The SMILES string of the molecule is CCN(Cc1cc(C(=O)NN)no1)CC(C)(C)O. The Morgan fingerprint density at radius 2 is 2.33 bits per heavy atom. The van der Waals surface area contributed by atoms with Crippen molar-refractivity contribution in [2.45, 2.75) is 32.9 Å². The third-order valence-electron chi connectivity index (χ3n) is 2.36. The maximum absolute atomic E-state index is 11.2. The highest BCUT2D eigenvalue weighted by atomic mass is 16.5. The lowest BCUT2D eigenvalue weighted by atomic mass is 10.1. The van der Waals surface area contributed by atoms with Crippen molar-refractivity contribution in [3.63, 3.8) is 0 Å². The van der Waals surface area contributed by atoms with Crippen LogP contribution in [0.1, 0.15) is 37.0 Å². The standard InChI is InChI=1S/C11H20N4O3/c1-4-15(7-11(2,3)17)6-8-5-9(14-18-8)10(16)13-12/h5,17H,4,6-7,12H2,1-3H3,(H,13,16). The summed E-state index contributed by atoms with van der Waals surface area (Å²) < 4.78 is 5.04. The van der Waals surface area contributed by atoms with Crippen molar-refractivity contribution in [3.05, 3.63) is 17.5 Å². The summed E-state index contributed by atoms with van der Waals surface area (Å²) >= 11 is 0. The molecule has 7 heteroatoms. The van der Waals surface area contributed by atoms with Crippen LogP contribution in [0.3, 0.4) is 0 Å². The van der Waals surface area contributed by atoms with Gasteiger partial charge in [0.2, 0.25) is 0 Å². The minimum atomic E-state index is -0.784. The van der Waals surface area contributed by atoms with E-state index in [0.29, 0.717) is 18.8 Å². The van der Waals surface area contributed by atoms with Crippen molar-refractivity contribution >= 4 is 5.91 Å². The summed E-state index contributed by atoms with van der Waals surface area (Å²) in [5.74, 6) is 5.06. The molecule has 0 bridgehead atoms. The predicted octanol–water partition coefficient (Wildman–Crippen LogP) is -0.129. The van der Waals surface area contributed by atoms with Gasteiger partial charge in [-0.05, 0) is 20.4 Å². The fourth-order valence-corrected chi connectivity index (χ4v) is 1.62. The molecule has 7 nitrogen and oxygen atoms in total. The highest BCUT2D eigenvalue weighted by Crippen LogP contribution is 2.11. The number of carbonyl (C=O) groups excluding carboxylic acids is 1. The highest BCUT2D eigenvalue weighted by molar-refractivity contribution is 5.91. The number of amides is 1. The number of hydrazine groups is 1. The fourth-order valence-electron chi connectivity index (χ4n) is 1.62. The quantitative estimate of drug-likeness (QED) is 0.372. The van der Waals surface area contributed by atoms with E-state index in [-0.39, 0.29) is 5.69 Å². The van der Waals surface area contributed by atoms with Crippen molar-refractivity contribution in [3.8, 4) is 0 Å². The zero-order valence-corrected chi connectivity index (χ0v) is 10.9. The van der Waals surface area contributed by atoms with Crippen molar-refractivity contribution < 1.29 is 14.4 Å². The van der Waals surface area contributed by atoms with E-state index < -0.39 is 11.5 Å². The van der Waals surface area contributed by atoms with Crippen LogP contribution in [-0.2, 0) is 6.54 Å². The van der Waals surface area contributed by atoms with Crippen LogP contribution in [-0.4, -0.2) is 39.8 Å². The Morgan fingerprint density at radius 1 is 1.67 bits per heavy atom. The molecule has 0 saturated heterocycles. The van der Waals surface area contributed by atoms with Gasteiger partial charge < -0.3 is 9.63 Å². The molecular formula is C11H20N4O3. The number of likely N-dealkylation sites (N-methyl/N-ethyl adjacent to an activating group) is 1. The summed E-state index contributed by atoms with van der Waals surface area (Å²) in [4.78, 5) is 13.2. The summed E-state index contributed by atoms with van der Waals surface area (Å²) in [5.41, 5.74) is 1.35. The van der Waals surface area contributed by atoms with Gasteiger partial charge in [0.05, 0.1) is 12.1 Å². The molecule has 1 aromatic heterocycles. The first-order valence-electron chi connectivity index (χ1n) is 5.77. The van der Waals surface area contributed by atoms with Gasteiger partial charge in [0.25, 0.3) is 5.91 Å². The van der Waals surface area contributed by atoms with E-state index in [9.17, 15) is 9.90 Å². The Balaban J connectivity index is 2.65. The van der Waals surface area contributed by atoms with Crippen LogP contribution in [0.5, 0.6) is 0 Å². The van der Waals surface area contributed by atoms with Crippen molar-refractivity contribution in [1.29, 1.82) is 0 Å². The summed E-state index contributed by atoms with van der Waals surface area (Å²) in [6, 6.07) is 1.54. The molecular weight excluding hydrogens is 236 g/mol. The van der Waals surface area contributed by atoms with Gasteiger partial charge in [-0.3, -0.25) is 15.1 Å². The lowest BCUT2D eigenvalue weighted by Gasteiger charge is -2.26. The third kappa shape index (κ3) is 4.44. The molecule has 1 amide bonds. The van der Waals surface area contributed by atoms with Crippen molar-refractivity contribution in [2.24, 2.45) is 5.84 Å². The molecule has 0 radical (unpaired) electrons. The van der Waals surface area contributed by atoms with Crippen LogP contribution in [0.2, 0.25) is 0 Å². The number of nitrogens with zero attached hydrogens (tertiary/aromatic N) is 2. The molecule has 0 spiro atoms. The van der Waals surface area contributed by atoms with Gasteiger partial charge in [-0.15, -0.1) is 0 Å². The molecule has 0 unspecified atom stereocenters. The number of hydrogen-bond donors (Lipinski definition) is 3. The van der Waals surface area contributed by atoms with E-state index in [2.05, 4.69) is 5.16 Å². The van der Waals surface area contributed by atoms with Gasteiger partial charge in [-0.25, -0.2) is 5.84 Å². The number of hydrogen-bond acceptors (Lipinski definition) is 6. The molecule has 0 fully saturated rings. The van der Waals surface area contributed by atoms with Crippen LogP contribution in [0.25, 0.3) is 0 Å². The summed E-state index contributed by atoms with van der Waals surface area (Å²) in [7, 11) is 0. The zero-order chi connectivity index (χ0) is 13.8. The minimum absolute atomic E-state index is 0.145. The first-order chi connectivity index (χ1) is 8.35. The van der Waals surface area contributed by atoms with Gasteiger partial charge >= 0.3 is 0 Å². The molecule has 1 rings (SSSR count). The first-order valence-corrected chi connectivity index (χ1v) is 5.77. The number of carbonyl (C=O) groups is 1. The number of aromatic nitrogens is 1. The van der Waals surface area contributed by atoms with Gasteiger partial charge in [0.15, 0.2) is 11.5 Å². The van der Waals surface area contributed by atoms with Crippen LogP contribution >= 0.6 is 0 Å².